The van der Waals surface area contributed by atoms with Gasteiger partial charge in [-0.15, -0.1) is 0 Å². The van der Waals surface area contributed by atoms with E-state index in [1.165, 1.54) is 25.7 Å². The van der Waals surface area contributed by atoms with Crippen LogP contribution in [0, 0.1) is 28.6 Å². The first kappa shape index (κ1) is 29.6. The number of Topliss-reactive ketones (excluding diaryl/α,β-unsaturated/α-hetero) is 1. The van der Waals surface area contributed by atoms with E-state index < -0.39 is 16.6 Å². The molecule has 1 unspecified atom stereocenters. The topological polar surface area (TPSA) is 35.5 Å². The lowest BCUT2D eigenvalue weighted by Crippen LogP contribution is -2.54. The van der Waals surface area contributed by atoms with Crippen molar-refractivity contribution in [3.8, 4) is 0 Å². The van der Waals surface area contributed by atoms with Crippen molar-refractivity contribution < 1.29 is 13.6 Å². The van der Waals surface area contributed by atoms with Gasteiger partial charge in [0, 0.05) is 18.4 Å². The Morgan fingerprint density at radius 1 is 0.857 bits per heavy atom. The Morgan fingerprint density at radius 3 is 2.03 bits per heavy atom. The highest BCUT2D eigenvalue weighted by Crippen LogP contribution is 2.64. The smallest absolute Gasteiger partial charge is 0.192 e. The molecule has 0 aromatic rings. The zero-order valence-electron chi connectivity index (χ0n) is 25.4. The molecule has 3 aliphatic carbocycles. The van der Waals surface area contributed by atoms with Gasteiger partial charge in [0.1, 0.15) is 5.78 Å². The summed E-state index contributed by atoms with van der Waals surface area (Å²) < 4.78 is 13.6. The van der Waals surface area contributed by atoms with E-state index in [1.54, 1.807) is 0 Å². The van der Waals surface area contributed by atoms with Gasteiger partial charge >= 0.3 is 0 Å². The zero-order valence-corrected chi connectivity index (χ0v) is 27.4. The van der Waals surface area contributed by atoms with Crippen LogP contribution in [0.2, 0.25) is 36.3 Å². The van der Waals surface area contributed by atoms with Crippen molar-refractivity contribution in [1.82, 2.24) is 0 Å². The van der Waals surface area contributed by atoms with Gasteiger partial charge in [0.15, 0.2) is 16.6 Å². The summed E-state index contributed by atoms with van der Waals surface area (Å²) in [6.07, 6.45) is 9.20. The van der Waals surface area contributed by atoms with E-state index >= 15 is 0 Å². The van der Waals surface area contributed by atoms with Crippen molar-refractivity contribution in [3.63, 3.8) is 0 Å². The first-order chi connectivity index (χ1) is 15.8. The summed E-state index contributed by atoms with van der Waals surface area (Å²) in [4.78, 5) is 13.4. The monoisotopic (exact) mass is 522 g/mol. The summed E-state index contributed by atoms with van der Waals surface area (Å²) in [6, 6.07) is 0. The Balaban J connectivity index is 1.70. The van der Waals surface area contributed by atoms with Crippen LogP contribution in [0.4, 0.5) is 0 Å². The first-order valence-electron chi connectivity index (χ1n) is 14.6. The molecule has 5 heteroatoms. The summed E-state index contributed by atoms with van der Waals surface area (Å²) in [7, 11) is -3.52. The maximum atomic E-state index is 13.4. The molecule has 0 aromatic carbocycles. The molecule has 0 bridgehead atoms. The van der Waals surface area contributed by atoms with Crippen molar-refractivity contribution >= 4 is 22.4 Å². The SMILES string of the molecule is CC(C)(C)[Si](C)(C)OCCC[C@@]1(C)C(=O)CC[C@@H]2[C@@H]1CC[C@]1(C)C(O[Si](C)(C)C(C)(C)C)CC[C@@H]21. The van der Waals surface area contributed by atoms with Gasteiger partial charge in [-0.1, -0.05) is 55.4 Å². The highest BCUT2D eigenvalue weighted by molar-refractivity contribution is 6.74. The molecule has 0 aromatic heterocycles. The molecule has 0 heterocycles. The Kier molecular flexibility index (Phi) is 8.15. The second-order valence-corrected chi connectivity index (χ2v) is 25.5. The standard InChI is InChI=1S/C30H58O3Si2/c1-27(2,3)34(9,10)32-21-13-19-29(7)24-18-20-30(8)23(22(24)14-16-25(29)31)15-17-26(30)33-35(11,12)28(4,5)6/h22-24,26H,13-21H2,1-12H3/t22-,23-,24-,26?,29+,30-/m0/s1. The molecule has 3 rings (SSSR count). The average Bonchev–Trinajstić information content (AvgIpc) is 3.02. The summed E-state index contributed by atoms with van der Waals surface area (Å²) in [5.41, 5.74) is 0.114. The first-order valence-corrected chi connectivity index (χ1v) is 20.4. The van der Waals surface area contributed by atoms with Crippen LogP contribution in [-0.2, 0) is 13.6 Å². The lowest BCUT2D eigenvalue weighted by Gasteiger charge is -2.56. The van der Waals surface area contributed by atoms with E-state index in [-0.39, 0.29) is 20.9 Å². The van der Waals surface area contributed by atoms with Crippen LogP contribution in [-0.4, -0.2) is 35.1 Å². The lowest BCUT2D eigenvalue weighted by atomic mass is 9.49. The van der Waals surface area contributed by atoms with Crippen molar-refractivity contribution in [1.29, 1.82) is 0 Å². The molecule has 0 N–H and O–H groups in total. The molecule has 0 radical (unpaired) electrons. The Bertz CT molecular complexity index is 777. The predicted octanol–water partition coefficient (Wildman–Crippen LogP) is 8.99. The molecule has 0 saturated heterocycles. The van der Waals surface area contributed by atoms with E-state index in [0.717, 1.165) is 32.3 Å². The Hall–Kier alpha value is 0.0238. The third-order valence-electron chi connectivity index (χ3n) is 11.9. The molecule has 204 valence electrons. The van der Waals surface area contributed by atoms with Gasteiger partial charge < -0.3 is 8.85 Å². The third kappa shape index (κ3) is 5.45. The van der Waals surface area contributed by atoms with Gasteiger partial charge in [0.2, 0.25) is 0 Å². The lowest BCUT2D eigenvalue weighted by molar-refractivity contribution is -0.147. The summed E-state index contributed by atoms with van der Waals surface area (Å²) in [6.45, 7) is 29.2. The zero-order chi connectivity index (χ0) is 26.7. The summed E-state index contributed by atoms with van der Waals surface area (Å²) >= 11 is 0. The van der Waals surface area contributed by atoms with E-state index in [2.05, 4.69) is 81.6 Å². The van der Waals surface area contributed by atoms with E-state index in [1.807, 2.05) is 0 Å². The van der Waals surface area contributed by atoms with Crippen LogP contribution in [0.25, 0.3) is 0 Å². The molecule has 3 aliphatic rings. The Morgan fingerprint density at radius 2 is 1.46 bits per heavy atom. The van der Waals surface area contributed by atoms with Gasteiger partial charge in [-0.25, -0.2) is 0 Å². The third-order valence-corrected chi connectivity index (χ3v) is 20.9. The van der Waals surface area contributed by atoms with Crippen molar-refractivity contribution in [2.75, 3.05) is 6.61 Å². The Labute approximate surface area is 220 Å². The van der Waals surface area contributed by atoms with Gasteiger partial charge in [0.25, 0.3) is 0 Å². The maximum absolute atomic E-state index is 13.4. The molecule has 0 amide bonds. The van der Waals surface area contributed by atoms with Crippen LogP contribution >= 0.6 is 0 Å². The largest absolute Gasteiger partial charge is 0.417 e. The highest BCUT2D eigenvalue weighted by atomic mass is 28.4. The molecule has 0 aliphatic heterocycles. The van der Waals surface area contributed by atoms with Crippen LogP contribution in [0.3, 0.4) is 0 Å². The van der Waals surface area contributed by atoms with Gasteiger partial charge in [-0.3, -0.25) is 4.79 Å². The van der Waals surface area contributed by atoms with Gasteiger partial charge in [-0.05, 0) is 104 Å². The second kappa shape index (κ2) is 9.65. The van der Waals surface area contributed by atoms with Gasteiger partial charge in [-0.2, -0.15) is 0 Å². The number of rotatable bonds is 7. The minimum atomic E-state index is -1.79. The number of hydrogen-bond donors (Lipinski definition) is 0. The fraction of sp³-hybridized carbons (Fsp3) is 0.967. The van der Waals surface area contributed by atoms with Crippen molar-refractivity contribution in [2.45, 2.75) is 149 Å². The van der Waals surface area contributed by atoms with E-state index in [4.69, 9.17) is 8.85 Å². The number of fused-ring (bicyclic) bond motifs is 3. The van der Waals surface area contributed by atoms with Crippen molar-refractivity contribution in [2.24, 2.45) is 28.6 Å². The molecular weight excluding hydrogens is 464 g/mol. The second-order valence-electron chi connectivity index (χ2n) is 16.0. The fourth-order valence-corrected chi connectivity index (χ4v) is 9.80. The van der Waals surface area contributed by atoms with Crippen LogP contribution < -0.4 is 0 Å². The molecular formula is C30H58O3Si2. The van der Waals surface area contributed by atoms with Crippen molar-refractivity contribution in [3.05, 3.63) is 0 Å². The molecule has 35 heavy (non-hydrogen) atoms. The maximum Gasteiger partial charge on any atom is 0.192 e. The normalized spacial score (nSPS) is 36.7. The number of carbonyl (C=O) groups excluding carboxylic acids is 1. The van der Waals surface area contributed by atoms with E-state index in [0.29, 0.717) is 29.6 Å². The number of carbonyl (C=O) groups is 1. The minimum Gasteiger partial charge on any atom is -0.417 e. The minimum absolute atomic E-state index is 0.167. The fourth-order valence-electron chi connectivity index (χ4n) is 7.26. The quantitative estimate of drug-likeness (QED) is 0.247. The predicted molar refractivity (Wildman–Crippen MR) is 154 cm³/mol. The molecule has 6 atom stereocenters. The van der Waals surface area contributed by atoms with Crippen LogP contribution in [0.15, 0.2) is 0 Å². The van der Waals surface area contributed by atoms with E-state index in [9.17, 15) is 4.79 Å². The molecule has 3 nitrogen and oxygen atoms in total. The summed E-state index contributed by atoms with van der Waals surface area (Å²) in [5, 5.41) is 0.489. The number of hydrogen-bond acceptors (Lipinski definition) is 3. The highest BCUT2D eigenvalue weighted by Gasteiger charge is 2.60. The molecule has 3 saturated carbocycles. The summed E-state index contributed by atoms with van der Waals surface area (Å²) in [5.74, 6) is 2.47. The van der Waals surface area contributed by atoms with Crippen LogP contribution in [0.5, 0.6) is 0 Å². The van der Waals surface area contributed by atoms with Crippen LogP contribution in [0.1, 0.15) is 107 Å². The number of ketones is 1. The molecule has 0 spiro atoms. The molecule has 3 fully saturated rings. The average molecular weight is 523 g/mol. The van der Waals surface area contributed by atoms with Gasteiger partial charge in [0.05, 0.1) is 6.10 Å².